The van der Waals surface area contributed by atoms with Crippen LogP contribution in [0.2, 0.25) is 0 Å². The van der Waals surface area contributed by atoms with Crippen molar-refractivity contribution in [2.24, 2.45) is 0 Å². The third-order valence-corrected chi connectivity index (χ3v) is 5.32. The maximum Gasteiger partial charge on any atom is 0.323 e. The van der Waals surface area contributed by atoms with Crippen LogP contribution in [0.4, 0.5) is 0 Å². The quantitative estimate of drug-likeness (QED) is 0.622. The Hall–Kier alpha value is -0.990. The number of aliphatic carboxylic acids is 1. The van der Waals surface area contributed by atoms with Crippen molar-refractivity contribution < 1.29 is 14.7 Å². The Labute approximate surface area is 131 Å². The molecule has 0 unspecified atom stereocenters. The van der Waals surface area contributed by atoms with E-state index in [1.54, 1.807) is 17.8 Å². The first kappa shape index (κ1) is 15.4. The van der Waals surface area contributed by atoms with Gasteiger partial charge in [-0.25, -0.2) is 0 Å². The van der Waals surface area contributed by atoms with Crippen LogP contribution < -0.4 is 0 Å². The van der Waals surface area contributed by atoms with E-state index in [4.69, 9.17) is 17.3 Å². The summed E-state index contributed by atoms with van der Waals surface area (Å²) < 4.78 is 0.300. The van der Waals surface area contributed by atoms with E-state index in [1.807, 2.05) is 6.08 Å². The number of hydrogen-bond donors (Lipinski definition) is 1. The number of rotatable bonds is 4. The van der Waals surface area contributed by atoms with E-state index in [0.29, 0.717) is 9.23 Å². The summed E-state index contributed by atoms with van der Waals surface area (Å²) in [6, 6.07) is 0. The molecular formula is C12H14N2O3S3. The molecule has 0 aliphatic carbocycles. The average molecular weight is 330 g/mol. The second-order valence-electron chi connectivity index (χ2n) is 4.12. The smallest absolute Gasteiger partial charge is 0.323 e. The van der Waals surface area contributed by atoms with Crippen molar-refractivity contribution in [3.8, 4) is 0 Å². The summed E-state index contributed by atoms with van der Waals surface area (Å²) >= 11 is 7.94. The number of amides is 1. The molecule has 0 bridgehead atoms. The minimum atomic E-state index is -1.07. The van der Waals surface area contributed by atoms with Gasteiger partial charge in [0.15, 0.2) is 0 Å². The van der Waals surface area contributed by atoms with Crippen molar-refractivity contribution in [2.45, 2.75) is 6.92 Å². The van der Waals surface area contributed by atoms with Crippen molar-refractivity contribution in [1.29, 1.82) is 0 Å². The van der Waals surface area contributed by atoms with E-state index >= 15 is 0 Å². The molecule has 1 N–H and O–H groups in total. The largest absolute Gasteiger partial charge is 0.480 e. The molecule has 2 saturated heterocycles. The van der Waals surface area contributed by atoms with Crippen LogP contribution in [-0.4, -0.2) is 56.5 Å². The van der Waals surface area contributed by atoms with Gasteiger partial charge < -0.3 is 10.0 Å². The number of carbonyl (C=O) groups excluding carboxylic acids is 1. The Morgan fingerprint density at radius 1 is 1.50 bits per heavy atom. The number of nitrogens with zero attached hydrogens (tertiary/aromatic N) is 2. The van der Waals surface area contributed by atoms with Crippen LogP contribution in [0.3, 0.4) is 0 Å². The van der Waals surface area contributed by atoms with Gasteiger partial charge in [-0.2, -0.15) is 0 Å². The van der Waals surface area contributed by atoms with Crippen molar-refractivity contribution in [3.05, 3.63) is 22.1 Å². The molecule has 2 heterocycles. The third-order valence-electron chi connectivity index (χ3n) is 2.85. The highest BCUT2D eigenvalue weighted by molar-refractivity contribution is 8.26. The van der Waals surface area contributed by atoms with Crippen LogP contribution in [0.25, 0.3) is 0 Å². The summed E-state index contributed by atoms with van der Waals surface area (Å²) in [5.74, 6) is -0.345. The number of hydrogen-bond acceptors (Lipinski definition) is 6. The molecule has 0 aromatic rings. The molecule has 0 aromatic carbocycles. The number of carboxylic acid groups (broad SMARTS) is 1. The molecule has 2 aliphatic rings. The Bertz CT molecular complexity index is 516. The normalized spacial score (nSPS) is 23.4. The van der Waals surface area contributed by atoms with Crippen molar-refractivity contribution >= 4 is 51.9 Å². The Kier molecular flexibility index (Phi) is 5.11. The van der Waals surface area contributed by atoms with Crippen molar-refractivity contribution in [2.75, 3.05) is 25.4 Å². The van der Waals surface area contributed by atoms with Gasteiger partial charge in [-0.3, -0.25) is 14.5 Å². The molecule has 0 aromatic heterocycles. The average Bonchev–Trinajstić information content (AvgIpc) is 2.95. The third kappa shape index (κ3) is 3.36. The number of allylic oxidation sites excluding steroid dienone is 2. The van der Waals surface area contributed by atoms with E-state index < -0.39 is 5.97 Å². The van der Waals surface area contributed by atoms with Crippen molar-refractivity contribution in [1.82, 2.24) is 9.80 Å². The lowest BCUT2D eigenvalue weighted by atomic mass is 10.4. The highest BCUT2D eigenvalue weighted by atomic mass is 32.2. The van der Waals surface area contributed by atoms with Gasteiger partial charge in [0.2, 0.25) is 0 Å². The minimum Gasteiger partial charge on any atom is -0.480 e. The fourth-order valence-electron chi connectivity index (χ4n) is 1.86. The molecule has 0 radical (unpaired) electrons. The number of thiocarbonyl (C=S) groups is 1. The van der Waals surface area contributed by atoms with Gasteiger partial charge in [-0.15, -0.1) is 11.8 Å². The van der Waals surface area contributed by atoms with E-state index in [-0.39, 0.29) is 12.5 Å². The maximum absolute atomic E-state index is 12.0. The van der Waals surface area contributed by atoms with Gasteiger partial charge in [0.1, 0.15) is 10.9 Å². The molecule has 1 amide bonds. The van der Waals surface area contributed by atoms with Crippen LogP contribution in [0.5, 0.6) is 0 Å². The maximum atomic E-state index is 12.0. The second kappa shape index (κ2) is 6.64. The summed E-state index contributed by atoms with van der Waals surface area (Å²) in [6.45, 7) is 3.66. The lowest BCUT2D eigenvalue weighted by molar-refractivity contribution is -0.140. The topological polar surface area (TPSA) is 60.9 Å². The zero-order chi connectivity index (χ0) is 14.7. The van der Waals surface area contributed by atoms with Gasteiger partial charge in [0, 0.05) is 18.8 Å². The molecular weight excluding hydrogens is 316 g/mol. The number of thioether (sulfide) groups is 2. The van der Waals surface area contributed by atoms with Gasteiger partial charge in [-0.1, -0.05) is 24.0 Å². The summed E-state index contributed by atoms with van der Waals surface area (Å²) in [6.07, 6.45) is 3.64. The van der Waals surface area contributed by atoms with E-state index in [2.05, 4.69) is 11.8 Å². The predicted molar refractivity (Wildman–Crippen MR) is 85.4 cm³/mol. The van der Waals surface area contributed by atoms with E-state index in [9.17, 15) is 9.59 Å². The monoisotopic (exact) mass is 330 g/mol. The first-order chi connectivity index (χ1) is 9.52. The summed E-state index contributed by atoms with van der Waals surface area (Å²) in [5.41, 5.74) is 0. The fourth-order valence-corrected chi connectivity index (χ4v) is 4.15. The van der Waals surface area contributed by atoms with E-state index in [1.165, 1.54) is 0 Å². The lowest BCUT2D eigenvalue weighted by Crippen LogP contribution is -2.33. The first-order valence-electron chi connectivity index (χ1n) is 6.08. The molecule has 2 fully saturated rings. The SMILES string of the molecule is CCN1CCS/C1=C\C=C1\SC(=S)N(CC(=O)O)C1=O. The summed E-state index contributed by atoms with van der Waals surface area (Å²) in [7, 11) is 0. The standard InChI is InChI=1S/C12H14N2O3S3/c1-2-13-5-6-19-9(13)4-3-8-11(17)14(7-10(15)16)12(18)20-8/h3-4H,2,5-7H2,1H3,(H,15,16)/b8-3+,9-4-. The molecule has 0 atom stereocenters. The summed E-state index contributed by atoms with van der Waals surface area (Å²) in [4.78, 5) is 26.6. The molecule has 108 valence electrons. The van der Waals surface area contributed by atoms with Gasteiger partial charge >= 0.3 is 5.97 Å². The number of carboxylic acids is 1. The minimum absolute atomic E-state index is 0.300. The first-order valence-corrected chi connectivity index (χ1v) is 8.29. The van der Waals surface area contributed by atoms with E-state index in [0.717, 1.165) is 40.5 Å². The van der Waals surface area contributed by atoms with Crippen molar-refractivity contribution in [3.63, 3.8) is 0 Å². The second-order valence-corrected chi connectivity index (χ2v) is 6.91. The van der Waals surface area contributed by atoms with Crippen LogP contribution in [0.1, 0.15) is 6.92 Å². The van der Waals surface area contributed by atoms with Gasteiger partial charge in [0.05, 0.1) is 9.93 Å². The molecule has 8 heteroatoms. The highest BCUT2D eigenvalue weighted by Gasteiger charge is 2.33. The number of carbonyl (C=O) groups is 2. The van der Waals surface area contributed by atoms with Gasteiger partial charge in [0.25, 0.3) is 5.91 Å². The van der Waals surface area contributed by atoms with Crippen LogP contribution >= 0.6 is 35.7 Å². The predicted octanol–water partition coefficient (Wildman–Crippen LogP) is 1.73. The molecule has 2 aliphatic heterocycles. The molecule has 5 nitrogen and oxygen atoms in total. The Balaban J connectivity index is 2.12. The van der Waals surface area contributed by atoms with Crippen LogP contribution in [0.15, 0.2) is 22.1 Å². The van der Waals surface area contributed by atoms with Crippen LogP contribution in [0, 0.1) is 0 Å². The highest BCUT2D eigenvalue weighted by Crippen LogP contribution is 2.32. The zero-order valence-corrected chi connectivity index (χ0v) is 13.3. The molecule has 0 spiro atoms. The lowest BCUT2D eigenvalue weighted by Gasteiger charge is -2.15. The summed E-state index contributed by atoms with van der Waals surface area (Å²) in [5, 5.41) is 9.90. The molecule has 0 saturated carbocycles. The Morgan fingerprint density at radius 3 is 2.90 bits per heavy atom. The fraction of sp³-hybridized carbons (Fsp3) is 0.417. The van der Waals surface area contributed by atoms with Crippen LogP contribution in [-0.2, 0) is 9.59 Å². The molecule has 2 rings (SSSR count). The zero-order valence-electron chi connectivity index (χ0n) is 10.9. The Morgan fingerprint density at radius 2 is 2.25 bits per heavy atom. The van der Waals surface area contributed by atoms with Gasteiger partial charge in [-0.05, 0) is 19.1 Å². The molecule has 20 heavy (non-hydrogen) atoms.